The smallest absolute Gasteiger partial charge is 0.242 e. The normalized spacial score (nSPS) is 11.5. The molecule has 21 heavy (non-hydrogen) atoms. The maximum Gasteiger partial charge on any atom is 0.242 e. The lowest BCUT2D eigenvalue weighted by molar-refractivity contribution is 0.580. The Morgan fingerprint density at radius 1 is 1.43 bits per heavy atom. The molecule has 0 aliphatic rings. The molecule has 2 aromatic heterocycles. The average Bonchev–Trinajstić information content (AvgIpc) is 2.77. The van der Waals surface area contributed by atoms with Gasteiger partial charge in [-0.1, -0.05) is 12.2 Å². The van der Waals surface area contributed by atoms with Crippen LogP contribution in [0.1, 0.15) is 17.0 Å². The highest BCUT2D eigenvalue weighted by atomic mass is 32.2. The topological polar surface area (TPSA) is 103 Å². The average molecular weight is 325 g/mol. The van der Waals surface area contributed by atoms with Gasteiger partial charge in [-0.3, -0.25) is 9.67 Å². The Bertz CT molecular complexity index is 765. The maximum absolute atomic E-state index is 12.2. The third-order valence-electron chi connectivity index (χ3n) is 3.09. The zero-order chi connectivity index (χ0) is 15.6. The SMILES string of the molecule is Cc1c(CNS(=O)(=O)c2ccc(C(N)=S)nc2)cnn1C. The highest BCUT2D eigenvalue weighted by molar-refractivity contribution is 7.89. The Hall–Kier alpha value is -1.84. The van der Waals surface area contributed by atoms with Crippen LogP contribution in [0.15, 0.2) is 29.4 Å². The monoisotopic (exact) mass is 325 g/mol. The molecule has 0 spiro atoms. The van der Waals surface area contributed by atoms with Gasteiger partial charge in [-0.05, 0) is 19.1 Å². The van der Waals surface area contributed by atoms with Gasteiger partial charge in [0.25, 0.3) is 0 Å². The largest absolute Gasteiger partial charge is 0.388 e. The lowest BCUT2D eigenvalue weighted by Crippen LogP contribution is -2.24. The number of nitrogens with zero attached hydrogens (tertiary/aromatic N) is 3. The summed E-state index contributed by atoms with van der Waals surface area (Å²) in [6, 6.07) is 2.89. The predicted octanol–water partition coefficient (Wildman–Crippen LogP) is 0.236. The van der Waals surface area contributed by atoms with Crippen LogP contribution in [-0.4, -0.2) is 28.2 Å². The number of thiocarbonyl (C=S) groups is 1. The number of nitrogens with two attached hydrogens (primary N) is 1. The van der Waals surface area contributed by atoms with Gasteiger partial charge < -0.3 is 5.73 Å². The highest BCUT2D eigenvalue weighted by Crippen LogP contribution is 2.10. The predicted molar refractivity (Wildman–Crippen MR) is 82.1 cm³/mol. The van der Waals surface area contributed by atoms with Crippen molar-refractivity contribution in [3.8, 4) is 0 Å². The molecule has 0 aromatic carbocycles. The van der Waals surface area contributed by atoms with Gasteiger partial charge in [-0.15, -0.1) is 0 Å². The Morgan fingerprint density at radius 3 is 2.62 bits per heavy atom. The molecule has 0 amide bonds. The molecule has 112 valence electrons. The molecule has 0 atom stereocenters. The van der Waals surface area contributed by atoms with E-state index in [1.54, 1.807) is 17.9 Å². The molecule has 3 N–H and O–H groups in total. The molecule has 9 heteroatoms. The molecule has 0 radical (unpaired) electrons. The van der Waals surface area contributed by atoms with Gasteiger partial charge in [0.1, 0.15) is 9.88 Å². The molecule has 0 saturated carbocycles. The molecule has 2 aromatic rings. The number of aromatic nitrogens is 3. The fourth-order valence-electron chi connectivity index (χ4n) is 1.66. The third kappa shape index (κ3) is 3.43. The lowest BCUT2D eigenvalue weighted by Gasteiger charge is -2.07. The van der Waals surface area contributed by atoms with E-state index in [0.29, 0.717) is 5.69 Å². The number of hydrogen-bond donors (Lipinski definition) is 2. The van der Waals surface area contributed by atoms with Gasteiger partial charge in [-0.25, -0.2) is 13.1 Å². The second-order valence-electron chi connectivity index (χ2n) is 4.45. The van der Waals surface area contributed by atoms with Crippen molar-refractivity contribution in [1.29, 1.82) is 0 Å². The molecular formula is C12H15N5O2S2. The number of hydrogen-bond acceptors (Lipinski definition) is 5. The minimum Gasteiger partial charge on any atom is -0.388 e. The molecule has 0 saturated heterocycles. The number of aryl methyl sites for hydroxylation is 1. The Morgan fingerprint density at radius 2 is 2.14 bits per heavy atom. The molecule has 2 rings (SSSR count). The first-order valence-corrected chi connectivity index (χ1v) is 7.93. The van der Waals surface area contributed by atoms with Crippen LogP contribution < -0.4 is 10.5 Å². The number of sulfonamides is 1. The molecule has 0 fully saturated rings. The van der Waals surface area contributed by atoms with Crippen molar-refractivity contribution >= 4 is 27.2 Å². The zero-order valence-electron chi connectivity index (χ0n) is 11.6. The number of nitrogens with one attached hydrogen (secondary N) is 1. The molecule has 0 unspecified atom stereocenters. The Kier molecular flexibility index (Phi) is 4.35. The van der Waals surface area contributed by atoms with E-state index < -0.39 is 10.0 Å². The standard InChI is InChI=1S/C12H15N5O2S2/c1-8-9(5-15-17(8)2)6-16-21(18,19)10-3-4-11(12(13)20)14-7-10/h3-5,7,16H,6H2,1-2H3,(H2,13,20). The van der Waals surface area contributed by atoms with Gasteiger partial charge in [0.15, 0.2) is 0 Å². The Labute approximate surface area is 128 Å². The van der Waals surface area contributed by atoms with E-state index in [1.807, 2.05) is 6.92 Å². The summed E-state index contributed by atoms with van der Waals surface area (Å²) in [5.41, 5.74) is 7.52. The van der Waals surface area contributed by atoms with Crippen LogP contribution in [0.3, 0.4) is 0 Å². The molecule has 0 aliphatic carbocycles. The van der Waals surface area contributed by atoms with Crippen molar-refractivity contribution in [3.05, 3.63) is 41.5 Å². The van der Waals surface area contributed by atoms with Crippen molar-refractivity contribution in [2.75, 3.05) is 0 Å². The van der Waals surface area contributed by atoms with E-state index in [1.165, 1.54) is 18.3 Å². The molecule has 2 heterocycles. The fraction of sp³-hybridized carbons (Fsp3) is 0.250. The van der Waals surface area contributed by atoms with Crippen molar-refractivity contribution in [2.45, 2.75) is 18.4 Å². The van der Waals surface area contributed by atoms with E-state index in [4.69, 9.17) is 18.0 Å². The minimum absolute atomic E-state index is 0.0593. The highest BCUT2D eigenvalue weighted by Gasteiger charge is 2.15. The molecule has 7 nitrogen and oxygen atoms in total. The first kappa shape index (κ1) is 15.5. The quantitative estimate of drug-likeness (QED) is 0.763. The number of rotatable bonds is 5. The van der Waals surface area contributed by atoms with Gasteiger partial charge >= 0.3 is 0 Å². The van der Waals surface area contributed by atoms with Gasteiger partial charge in [0, 0.05) is 31.0 Å². The second-order valence-corrected chi connectivity index (χ2v) is 6.65. The molecule has 0 bridgehead atoms. The van der Waals surface area contributed by atoms with Crippen LogP contribution >= 0.6 is 12.2 Å². The van der Waals surface area contributed by atoms with Crippen molar-refractivity contribution in [2.24, 2.45) is 12.8 Å². The van der Waals surface area contributed by atoms with Crippen LogP contribution in [0.5, 0.6) is 0 Å². The van der Waals surface area contributed by atoms with Crippen LogP contribution in [0.25, 0.3) is 0 Å². The second kappa shape index (κ2) is 5.88. The van der Waals surface area contributed by atoms with Gasteiger partial charge in [-0.2, -0.15) is 5.10 Å². The van der Waals surface area contributed by atoms with Gasteiger partial charge in [0.2, 0.25) is 10.0 Å². The summed E-state index contributed by atoms with van der Waals surface area (Å²) in [6.45, 7) is 2.04. The molecule has 0 aliphatic heterocycles. The van der Waals surface area contributed by atoms with Crippen LogP contribution in [0.2, 0.25) is 0 Å². The van der Waals surface area contributed by atoms with E-state index in [0.717, 1.165) is 11.3 Å². The summed E-state index contributed by atoms with van der Waals surface area (Å²) in [6.07, 6.45) is 2.86. The summed E-state index contributed by atoms with van der Waals surface area (Å²) in [5.74, 6) is 0. The summed E-state index contributed by atoms with van der Waals surface area (Å²) in [7, 11) is -1.84. The van der Waals surface area contributed by atoms with Crippen molar-refractivity contribution in [1.82, 2.24) is 19.5 Å². The fourth-order valence-corrected chi connectivity index (χ4v) is 2.73. The first-order valence-electron chi connectivity index (χ1n) is 6.04. The first-order chi connectivity index (χ1) is 9.81. The summed E-state index contributed by atoms with van der Waals surface area (Å²) < 4.78 is 28.5. The van der Waals surface area contributed by atoms with Crippen molar-refractivity contribution in [3.63, 3.8) is 0 Å². The third-order valence-corrected chi connectivity index (χ3v) is 4.68. The van der Waals surface area contributed by atoms with Gasteiger partial charge in [0.05, 0.1) is 11.9 Å². The zero-order valence-corrected chi connectivity index (χ0v) is 13.2. The summed E-state index contributed by atoms with van der Waals surface area (Å²) in [4.78, 5) is 4.10. The van der Waals surface area contributed by atoms with Crippen molar-refractivity contribution < 1.29 is 8.42 Å². The summed E-state index contributed by atoms with van der Waals surface area (Å²) >= 11 is 4.77. The van der Waals surface area contributed by atoms with Crippen LogP contribution in [0.4, 0.5) is 0 Å². The van der Waals surface area contributed by atoms with E-state index in [9.17, 15) is 8.42 Å². The number of pyridine rings is 1. The minimum atomic E-state index is -3.64. The maximum atomic E-state index is 12.2. The molecular weight excluding hydrogens is 310 g/mol. The lowest BCUT2D eigenvalue weighted by atomic mass is 10.3. The Balaban J connectivity index is 2.15. The van der Waals surface area contributed by atoms with E-state index in [2.05, 4.69) is 14.8 Å². The van der Waals surface area contributed by atoms with E-state index in [-0.39, 0.29) is 16.4 Å². The van der Waals surface area contributed by atoms with Crippen LogP contribution in [0, 0.1) is 6.92 Å². The van der Waals surface area contributed by atoms with Crippen LogP contribution in [-0.2, 0) is 23.6 Å². The van der Waals surface area contributed by atoms with E-state index >= 15 is 0 Å². The summed E-state index contributed by atoms with van der Waals surface area (Å²) in [5, 5.41) is 4.06.